The molecule has 2 heterocycles. The number of hydrogen-bond donors (Lipinski definition) is 1. The van der Waals surface area contributed by atoms with Gasteiger partial charge >= 0.3 is 0 Å². The van der Waals surface area contributed by atoms with Crippen LogP contribution >= 0.6 is 12.2 Å². The van der Waals surface area contributed by atoms with E-state index >= 15 is 0 Å². The maximum Gasteiger partial charge on any atom is 0.262 e. The lowest BCUT2D eigenvalue weighted by molar-refractivity contribution is 0.312. The van der Waals surface area contributed by atoms with Gasteiger partial charge in [-0.15, -0.1) is 0 Å². The molecule has 0 bridgehead atoms. The Labute approximate surface area is 125 Å². The molecule has 8 heteroatoms. The number of aryl methyl sites for hydroxylation is 2. The van der Waals surface area contributed by atoms with Crippen LogP contribution in [0.1, 0.15) is 25.6 Å². The molecule has 2 N–H and O–H groups in total. The maximum absolute atomic E-state index is 12.6. The van der Waals surface area contributed by atoms with Gasteiger partial charge in [0.2, 0.25) is 0 Å². The summed E-state index contributed by atoms with van der Waals surface area (Å²) in [7, 11) is -3.55. The zero-order valence-corrected chi connectivity index (χ0v) is 13.4. The average molecular weight is 316 g/mol. The van der Waals surface area contributed by atoms with Gasteiger partial charge in [0.05, 0.1) is 4.99 Å². The predicted molar refractivity (Wildman–Crippen MR) is 80.9 cm³/mol. The van der Waals surface area contributed by atoms with Crippen molar-refractivity contribution in [3.8, 4) is 0 Å². The van der Waals surface area contributed by atoms with E-state index in [4.69, 9.17) is 18.0 Å². The van der Waals surface area contributed by atoms with Crippen molar-refractivity contribution < 1.29 is 8.42 Å². The van der Waals surface area contributed by atoms with E-state index in [0.29, 0.717) is 30.4 Å². The van der Waals surface area contributed by atoms with Crippen LogP contribution in [0.5, 0.6) is 0 Å². The number of thiocarbonyl (C=S) groups is 1. The SMILES string of the molecule is CCn1cc(S(=O)(=O)N2CCCC(C(N)=S)C2)nc1C. The topological polar surface area (TPSA) is 81.2 Å². The summed E-state index contributed by atoms with van der Waals surface area (Å²) in [6.45, 7) is 5.31. The van der Waals surface area contributed by atoms with Crippen LogP contribution in [0, 0.1) is 12.8 Å². The van der Waals surface area contributed by atoms with Gasteiger partial charge in [-0.2, -0.15) is 4.31 Å². The number of imidazole rings is 1. The van der Waals surface area contributed by atoms with E-state index in [2.05, 4.69) is 4.98 Å². The highest BCUT2D eigenvalue weighted by Crippen LogP contribution is 2.23. The van der Waals surface area contributed by atoms with E-state index in [1.165, 1.54) is 4.31 Å². The van der Waals surface area contributed by atoms with E-state index in [9.17, 15) is 8.42 Å². The number of rotatable bonds is 4. The molecule has 2 rings (SSSR count). The van der Waals surface area contributed by atoms with Crippen molar-refractivity contribution in [3.63, 3.8) is 0 Å². The number of piperidine rings is 1. The molecule has 112 valence electrons. The van der Waals surface area contributed by atoms with Crippen LogP contribution in [0.25, 0.3) is 0 Å². The van der Waals surface area contributed by atoms with Crippen LogP contribution < -0.4 is 5.73 Å². The molecule has 1 unspecified atom stereocenters. The standard InChI is InChI=1S/C12H20N4O2S2/c1-3-15-8-11(14-9(15)2)20(17,18)16-6-4-5-10(7-16)12(13)19/h8,10H,3-7H2,1-2H3,(H2,13,19). The molecule has 1 aromatic rings. The van der Waals surface area contributed by atoms with Crippen LogP contribution in [0.2, 0.25) is 0 Å². The monoisotopic (exact) mass is 316 g/mol. The van der Waals surface area contributed by atoms with Crippen molar-refractivity contribution in [2.75, 3.05) is 13.1 Å². The second kappa shape index (κ2) is 5.79. The molecule has 0 aromatic carbocycles. The smallest absolute Gasteiger partial charge is 0.262 e. The molecule has 0 amide bonds. The maximum atomic E-state index is 12.6. The highest BCUT2D eigenvalue weighted by Gasteiger charge is 2.33. The first-order valence-corrected chi connectivity index (χ1v) is 8.54. The summed E-state index contributed by atoms with van der Waals surface area (Å²) in [5.41, 5.74) is 5.65. The Bertz CT molecular complexity index is 609. The molecule has 0 saturated carbocycles. The number of sulfonamides is 1. The lowest BCUT2D eigenvalue weighted by atomic mass is 10.0. The Balaban J connectivity index is 2.27. The van der Waals surface area contributed by atoms with Crippen LogP contribution in [0.15, 0.2) is 11.2 Å². The predicted octanol–water partition coefficient (Wildman–Crippen LogP) is 0.898. The molecule has 1 fully saturated rings. The highest BCUT2D eigenvalue weighted by molar-refractivity contribution is 7.89. The van der Waals surface area contributed by atoms with Crippen LogP contribution in [-0.2, 0) is 16.6 Å². The van der Waals surface area contributed by atoms with Gasteiger partial charge in [-0.05, 0) is 26.7 Å². The normalized spacial score (nSPS) is 21.0. The molecule has 1 saturated heterocycles. The molecule has 1 atom stereocenters. The lowest BCUT2D eigenvalue weighted by Gasteiger charge is -2.30. The molecule has 20 heavy (non-hydrogen) atoms. The fraction of sp³-hybridized carbons (Fsp3) is 0.667. The first-order chi connectivity index (χ1) is 9.36. The Morgan fingerprint density at radius 2 is 2.30 bits per heavy atom. The van der Waals surface area contributed by atoms with Crippen LogP contribution in [0.3, 0.4) is 0 Å². The first-order valence-electron chi connectivity index (χ1n) is 6.69. The number of aromatic nitrogens is 2. The largest absolute Gasteiger partial charge is 0.393 e. The van der Waals surface area contributed by atoms with Gasteiger partial charge in [0.25, 0.3) is 10.0 Å². The molecule has 0 spiro atoms. The summed E-state index contributed by atoms with van der Waals surface area (Å²) < 4.78 is 28.5. The Hall–Kier alpha value is -0.990. The summed E-state index contributed by atoms with van der Waals surface area (Å²) in [5, 5.41) is 0.112. The third-order valence-corrected chi connectivity index (χ3v) is 5.76. The average Bonchev–Trinajstić information content (AvgIpc) is 2.81. The molecule has 1 aromatic heterocycles. The lowest BCUT2D eigenvalue weighted by Crippen LogP contribution is -2.43. The van der Waals surface area contributed by atoms with Gasteiger partial charge in [0, 0.05) is 31.7 Å². The molecule has 1 aliphatic rings. The molecule has 0 radical (unpaired) electrons. The third-order valence-electron chi connectivity index (χ3n) is 3.69. The van der Waals surface area contributed by atoms with Gasteiger partial charge in [0.1, 0.15) is 5.82 Å². The van der Waals surface area contributed by atoms with Crippen molar-refractivity contribution in [1.29, 1.82) is 0 Å². The Morgan fingerprint density at radius 3 is 2.85 bits per heavy atom. The van der Waals surface area contributed by atoms with Crippen molar-refractivity contribution in [3.05, 3.63) is 12.0 Å². The van der Waals surface area contributed by atoms with E-state index in [1.807, 2.05) is 11.5 Å². The number of nitrogens with two attached hydrogens (primary N) is 1. The fourth-order valence-corrected chi connectivity index (χ4v) is 4.16. The van der Waals surface area contributed by atoms with Crippen LogP contribution in [0.4, 0.5) is 0 Å². The highest BCUT2D eigenvalue weighted by atomic mass is 32.2. The van der Waals surface area contributed by atoms with Gasteiger partial charge in [-0.1, -0.05) is 12.2 Å². The van der Waals surface area contributed by atoms with E-state index in [1.54, 1.807) is 13.1 Å². The zero-order chi connectivity index (χ0) is 14.9. The minimum absolute atomic E-state index is 0.0390. The third kappa shape index (κ3) is 2.87. The molecule has 6 nitrogen and oxygen atoms in total. The van der Waals surface area contributed by atoms with E-state index in [-0.39, 0.29) is 10.9 Å². The molecular formula is C12H20N4O2S2. The van der Waals surface area contributed by atoms with Gasteiger partial charge in [0.15, 0.2) is 5.03 Å². The summed E-state index contributed by atoms with van der Waals surface area (Å²) >= 11 is 4.99. The minimum atomic E-state index is -3.55. The van der Waals surface area contributed by atoms with Gasteiger partial charge in [-0.25, -0.2) is 13.4 Å². The van der Waals surface area contributed by atoms with E-state index < -0.39 is 10.0 Å². The molecular weight excluding hydrogens is 296 g/mol. The molecule has 1 aliphatic heterocycles. The fourth-order valence-electron chi connectivity index (χ4n) is 2.45. The second-order valence-corrected chi connectivity index (χ2v) is 7.37. The Kier molecular flexibility index (Phi) is 4.46. The minimum Gasteiger partial charge on any atom is -0.393 e. The first kappa shape index (κ1) is 15.4. The summed E-state index contributed by atoms with van der Waals surface area (Å²) in [6, 6.07) is 0. The molecule has 0 aliphatic carbocycles. The Morgan fingerprint density at radius 1 is 1.60 bits per heavy atom. The van der Waals surface area contributed by atoms with Crippen molar-refractivity contribution in [1.82, 2.24) is 13.9 Å². The second-order valence-electron chi connectivity index (χ2n) is 5.02. The van der Waals surface area contributed by atoms with Gasteiger partial charge < -0.3 is 10.3 Å². The van der Waals surface area contributed by atoms with Crippen molar-refractivity contribution in [2.24, 2.45) is 11.7 Å². The summed E-state index contributed by atoms with van der Waals surface area (Å²) in [4.78, 5) is 4.56. The van der Waals surface area contributed by atoms with Crippen LogP contribution in [-0.4, -0.2) is 40.4 Å². The number of hydrogen-bond acceptors (Lipinski definition) is 4. The van der Waals surface area contributed by atoms with E-state index in [0.717, 1.165) is 12.8 Å². The quantitative estimate of drug-likeness (QED) is 0.835. The van der Waals surface area contributed by atoms with Crippen molar-refractivity contribution >= 4 is 27.2 Å². The summed E-state index contributed by atoms with van der Waals surface area (Å²) in [6.07, 6.45) is 3.22. The number of nitrogens with zero attached hydrogens (tertiary/aromatic N) is 3. The van der Waals surface area contributed by atoms with Gasteiger partial charge in [-0.3, -0.25) is 0 Å². The zero-order valence-electron chi connectivity index (χ0n) is 11.7. The summed E-state index contributed by atoms with van der Waals surface area (Å²) in [5.74, 6) is 0.664. The van der Waals surface area contributed by atoms with Crippen molar-refractivity contribution in [2.45, 2.75) is 38.3 Å².